The molecule has 1 fully saturated rings. The molecule has 1 amide bonds. The van der Waals surface area contributed by atoms with Crippen molar-refractivity contribution in [2.75, 3.05) is 13.1 Å². The number of nitrogens with two attached hydrogens (primary N) is 1. The molecule has 92 valence electrons. The summed E-state index contributed by atoms with van der Waals surface area (Å²) in [5.74, 6) is -1.23. The number of amides is 1. The van der Waals surface area contributed by atoms with Gasteiger partial charge in [-0.25, -0.2) is 0 Å². The molecule has 16 heavy (non-hydrogen) atoms. The van der Waals surface area contributed by atoms with Crippen molar-refractivity contribution in [3.63, 3.8) is 0 Å². The minimum atomic E-state index is -0.808. The topological polar surface area (TPSA) is 83.6 Å². The van der Waals surface area contributed by atoms with Gasteiger partial charge in [-0.2, -0.15) is 0 Å². The van der Waals surface area contributed by atoms with Crippen molar-refractivity contribution >= 4 is 11.9 Å². The molecule has 3 N–H and O–H groups in total. The number of aliphatic carboxylic acids is 1. The van der Waals surface area contributed by atoms with Crippen molar-refractivity contribution in [3.8, 4) is 0 Å². The molecule has 5 nitrogen and oxygen atoms in total. The van der Waals surface area contributed by atoms with E-state index in [1.165, 1.54) is 0 Å². The van der Waals surface area contributed by atoms with Crippen LogP contribution >= 0.6 is 0 Å². The van der Waals surface area contributed by atoms with Gasteiger partial charge in [-0.3, -0.25) is 9.59 Å². The quantitative estimate of drug-likeness (QED) is 0.731. The molecule has 1 heterocycles. The lowest BCUT2D eigenvalue weighted by Crippen LogP contribution is -2.44. The van der Waals surface area contributed by atoms with Gasteiger partial charge < -0.3 is 15.7 Å². The highest BCUT2D eigenvalue weighted by molar-refractivity contribution is 5.78. The summed E-state index contributed by atoms with van der Waals surface area (Å²) in [5, 5.41) is 8.90. The van der Waals surface area contributed by atoms with Gasteiger partial charge in [0.1, 0.15) is 0 Å². The summed E-state index contributed by atoms with van der Waals surface area (Å²) in [6.45, 7) is 2.94. The third kappa shape index (κ3) is 3.48. The molecule has 1 aliphatic heterocycles. The van der Waals surface area contributed by atoms with Crippen molar-refractivity contribution in [2.24, 2.45) is 11.7 Å². The molecule has 0 aromatic rings. The number of carbonyl (C=O) groups is 2. The molecule has 0 saturated carbocycles. The first kappa shape index (κ1) is 13.0. The van der Waals surface area contributed by atoms with Crippen LogP contribution in [0.1, 0.15) is 32.6 Å². The van der Waals surface area contributed by atoms with E-state index in [0.29, 0.717) is 25.9 Å². The third-order valence-corrected chi connectivity index (χ3v) is 3.08. The summed E-state index contributed by atoms with van der Waals surface area (Å²) in [6, 6.07) is -0.113. The van der Waals surface area contributed by atoms with E-state index in [0.717, 1.165) is 12.8 Å². The minimum absolute atomic E-state index is 0.0136. The van der Waals surface area contributed by atoms with E-state index in [4.69, 9.17) is 10.8 Å². The summed E-state index contributed by atoms with van der Waals surface area (Å²) in [4.78, 5) is 24.3. The largest absolute Gasteiger partial charge is 0.481 e. The molecular formula is C11H20N2O3. The van der Waals surface area contributed by atoms with Crippen molar-refractivity contribution < 1.29 is 14.7 Å². The highest BCUT2D eigenvalue weighted by Gasteiger charge is 2.28. The maximum atomic E-state index is 11.8. The Morgan fingerprint density at radius 2 is 2.25 bits per heavy atom. The summed E-state index contributed by atoms with van der Waals surface area (Å²) in [5.41, 5.74) is 5.71. The average molecular weight is 228 g/mol. The van der Waals surface area contributed by atoms with Gasteiger partial charge in [-0.05, 0) is 19.3 Å². The molecular weight excluding hydrogens is 208 g/mol. The van der Waals surface area contributed by atoms with Gasteiger partial charge in [-0.1, -0.05) is 6.92 Å². The molecule has 5 heteroatoms. The van der Waals surface area contributed by atoms with E-state index >= 15 is 0 Å². The standard InChI is InChI=1S/C11H20N2O3/c1-2-9(12)6-10(14)13-5-3-4-8(7-13)11(15)16/h8-9H,2-7,12H2,1H3,(H,15,16)/t8-,9?/m1/s1. The molecule has 1 aliphatic rings. The van der Waals surface area contributed by atoms with Crippen LogP contribution in [-0.2, 0) is 9.59 Å². The molecule has 1 saturated heterocycles. The maximum absolute atomic E-state index is 11.8. The Balaban J connectivity index is 2.47. The molecule has 0 aliphatic carbocycles. The zero-order valence-corrected chi connectivity index (χ0v) is 9.69. The summed E-state index contributed by atoms with van der Waals surface area (Å²) >= 11 is 0. The number of hydrogen-bond acceptors (Lipinski definition) is 3. The maximum Gasteiger partial charge on any atom is 0.308 e. The van der Waals surface area contributed by atoms with Crippen LogP contribution in [0.5, 0.6) is 0 Å². The van der Waals surface area contributed by atoms with E-state index in [-0.39, 0.29) is 11.9 Å². The summed E-state index contributed by atoms with van der Waals surface area (Å²) in [7, 11) is 0. The Labute approximate surface area is 95.6 Å². The monoisotopic (exact) mass is 228 g/mol. The van der Waals surface area contributed by atoms with Gasteiger partial charge in [-0.15, -0.1) is 0 Å². The Morgan fingerprint density at radius 3 is 2.81 bits per heavy atom. The second-order valence-electron chi connectivity index (χ2n) is 4.39. The van der Waals surface area contributed by atoms with E-state index < -0.39 is 11.9 Å². The lowest BCUT2D eigenvalue weighted by Gasteiger charge is -2.31. The number of carboxylic acid groups (broad SMARTS) is 1. The zero-order valence-electron chi connectivity index (χ0n) is 9.69. The van der Waals surface area contributed by atoms with Crippen LogP contribution in [0.2, 0.25) is 0 Å². The number of likely N-dealkylation sites (tertiary alicyclic amines) is 1. The normalized spacial score (nSPS) is 22.9. The van der Waals surface area contributed by atoms with Crippen LogP contribution in [-0.4, -0.2) is 41.0 Å². The fourth-order valence-corrected chi connectivity index (χ4v) is 1.90. The van der Waals surface area contributed by atoms with Crippen molar-refractivity contribution in [1.29, 1.82) is 0 Å². The Morgan fingerprint density at radius 1 is 1.56 bits per heavy atom. The number of carboxylic acids is 1. The Hall–Kier alpha value is -1.10. The molecule has 0 radical (unpaired) electrons. The first-order valence-electron chi connectivity index (χ1n) is 5.80. The number of rotatable bonds is 4. The molecule has 2 atom stereocenters. The molecule has 0 aromatic heterocycles. The van der Waals surface area contributed by atoms with Crippen molar-refractivity contribution in [3.05, 3.63) is 0 Å². The Kier molecular flexibility index (Phi) is 4.73. The van der Waals surface area contributed by atoms with Crippen molar-refractivity contribution in [2.45, 2.75) is 38.6 Å². The minimum Gasteiger partial charge on any atom is -0.481 e. The van der Waals surface area contributed by atoms with Crippen molar-refractivity contribution in [1.82, 2.24) is 4.90 Å². The number of hydrogen-bond donors (Lipinski definition) is 2. The van der Waals surface area contributed by atoms with Crippen LogP contribution in [0, 0.1) is 5.92 Å². The van der Waals surface area contributed by atoms with Gasteiger partial charge in [0, 0.05) is 25.6 Å². The number of nitrogens with zero attached hydrogens (tertiary/aromatic N) is 1. The SMILES string of the molecule is CCC(N)CC(=O)N1CCC[C@@H](C(=O)O)C1. The van der Waals surface area contributed by atoms with Crippen LogP contribution in [0.4, 0.5) is 0 Å². The van der Waals surface area contributed by atoms with Crippen LogP contribution in [0.15, 0.2) is 0 Å². The number of carbonyl (C=O) groups excluding carboxylic acids is 1. The first-order valence-corrected chi connectivity index (χ1v) is 5.80. The van der Waals surface area contributed by atoms with E-state index in [1.807, 2.05) is 6.92 Å². The van der Waals surface area contributed by atoms with E-state index in [1.54, 1.807) is 4.90 Å². The Bertz CT molecular complexity index is 268. The lowest BCUT2D eigenvalue weighted by molar-refractivity contribution is -0.145. The fraction of sp³-hybridized carbons (Fsp3) is 0.818. The fourth-order valence-electron chi connectivity index (χ4n) is 1.90. The molecule has 0 spiro atoms. The smallest absolute Gasteiger partial charge is 0.308 e. The van der Waals surface area contributed by atoms with Gasteiger partial charge in [0.05, 0.1) is 5.92 Å². The average Bonchev–Trinajstić information content (AvgIpc) is 2.28. The van der Waals surface area contributed by atoms with Gasteiger partial charge in [0.25, 0.3) is 0 Å². The molecule has 1 unspecified atom stereocenters. The third-order valence-electron chi connectivity index (χ3n) is 3.08. The summed E-state index contributed by atoms with van der Waals surface area (Å²) < 4.78 is 0. The molecule has 1 rings (SSSR count). The van der Waals surface area contributed by atoms with Crippen LogP contribution in [0.25, 0.3) is 0 Å². The molecule has 0 bridgehead atoms. The lowest BCUT2D eigenvalue weighted by atomic mass is 9.97. The second-order valence-corrected chi connectivity index (χ2v) is 4.39. The van der Waals surface area contributed by atoms with E-state index in [2.05, 4.69) is 0 Å². The van der Waals surface area contributed by atoms with E-state index in [9.17, 15) is 9.59 Å². The predicted octanol–water partition coefficient (Wildman–Crippen LogP) is 0.437. The molecule has 0 aromatic carbocycles. The zero-order chi connectivity index (χ0) is 12.1. The predicted molar refractivity (Wildman–Crippen MR) is 59.8 cm³/mol. The first-order chi connectivity index (χ1) is 7.54. The number of piperidine rings is 1. The second kappa shape index (κ2) is 5.84. The highest BCUT2D eigenvalue weighted by atomic mass is 16.4. The highest BCUT2D eigenvalue weighted by Crippen LogP contribution is 2.17. The van der Waals surface area contributed by atoms with Gasteiger partial charge in [0.15, 0.2) is 0 Å². The summed E-state index contributed by atoms with van der Waals surface area (Å²) in [6.07, 6.45) is 2.52. The van der Waals surface area contributed by atoms with Gasteiger partial charge in [0.2, 0.25) is 5.91 Å². The van der Waals surface area contributed by atoms with Crippen LogP contribution < -0.4 is 5.73 Å². The van der Waals surface area contributed by atoms with Crippen LogP contribution in [0.3, 0.4) is 0 Å². The van der Waals surface area contributed by atoms with Gasteiger partial charge >= 0.3 is 5.97 Å².